The highest BCUT2D eigenvalue weighted by molar-refractivity contribution is 5.82. The number of hydrogen-bond acceptors (Lipinski definition) is 7. The average molecular weight is 591 g/mol. The van der Waals surface area contributed by atoms with E-state index in [9.17, 15) is 9.90 Å². The van der Waals surface area contributed by atoms with Crippen molar-refractivity contribution in [3.05, 3.63) is 120 Å². The molecule has 9 nitrogen and oxygen atoms in total. The van der Waals surface area contributed by atoms with E-state index in [1.165, 1.54) is 0 Å². The van der Waals surface area contributed by atoms with Crippen LogP contribution in [-0.2, 0) is 24.8 Å². The number of nitrogens with two attached hydrogens (primary N) is 1. The minimum absolute atomic E-state index is 0.0439. The van der Waals surface area contributed by atoms with Crippen molar-refractivity contribution in [1.82, 2.24) is 25.2 Å². The maximum atomic E-state index is 13.8. The first-order valence-corrected chi connectivity index (χ1v) is 15.1. The van der Waals surface area contributed by atoms with Crippen LogP contribution < -0.4 is 15.8 Å². The highest BCUT2D eigenvalue weighted by Crippen LogP contribution is 2.39. The molecule has 44 heavy (non-hydrogen) atoms. The van der Waals surface area contributed by atoms with Gasteiger partial charge in [0, 0.05) is 32.1 Å². The first kappa shape index (κ1) is 29.5. The number of carbonyl (C=O) groups excluding carboxylic acids is 1. The van der Waals surface area contributed by atoms with E-state index in [-0.39, 0.29) is 11.8 Å². The number of rotatable bonds is 11. The maximum Gasteiger partial charge on any atom is 0.237 e. The van der Waals surface area contributed by atoms with Crippen LogP contribution in [0, 0.1) is 0 Å². The molecule has 4 aromatic carbocycles. The largest absolute Gasteiger partial charge is 0.457 e. The fourth-order valence-electron chi connectivity index (χ4n) is 6.04. The minimum Gasteiger partial charge on any atom is -0.457 e. The number of benzene rings is 4. The van der Waals surface area contributed by atoms with Gasteiger partial charge in [-0.2, -0.15) is 0 Å². The topological polar surface area (TPSA) is 119 Å². The number of carbonyl (C=O) groups is 1. The predicted octanol–water partition coefficient (Wildman–Crippen LogP) is 4.51. The van der Waals surface area contributed by atoms with Crippen LogP contribution in [0.2, 0.25) is 0 Å². The number of likely N-dealkylation sites (tertiary alicyclic amines) is 1. The maximum absolute atomic E-state index is 13.8. The Morgan fingerprint density at radius 3 is 2.52 bits per heavy atom. The van der Waals surface area contributed by atoms with Crippen LogP contribution >= 0.6 is 0 Å². The average Bonchev–Trinajstić information content (AvgIpc) is 3.67. The Bertz CT molecular complexity index is 1690. The van der Waals surface area contributed by atoms with Crippen molar-refractivity contribution in [2.75, 3.05) is 6.54 Å². The Morgan fingerprint density at radius 1 is 1.00 bits per heavy atom. The van der Waals surface area contributed by atoms with Crippen LogP contribution in [0.5, 0.6) is 11.5 Å². The smallest absolute Gasteiger partial charge is 0.237 e. The first-order valence-electron chi connectivity index (χ1n) is 15.1. The zero-order chi connectivity index (χ0) is 30.5. The van der Waals surface area contributed by atoms with Crippen LogP contribution in [0.25, 0.3) is 11.0 Å². The van der Waals surface area contributed by atoms with Crippen LogP contribution in [0.4, 0.5) is 0 Å². The molecule has 1 aliphatic heterocycles. The normalized spacial score (nSPS) is 18.2. The van der Waals surface area contributed by atoms with Crippen LogP contribution in [-0.4, -0.2) is 55.8 Å². The predicted molar refractivity (Wildman–Crippen MR) is 170 cm³/mol. The van der Waals surface area contributed by atoms with Gasteiger partial charge in [0.15, 0.2) is 0 Å². The number of hydrogen-bond donors (Lipinski definition) is 3. The first-order chi connectivity index (χ1) is 21.5. The van der Waals surface area contributed by atoms with Crippen molar-refractivity contribution in [1.29, 1.82) is 0 Å². The molecule has 0 saturated carbocycles. The molecular weight excluding hydrogens is 552 g/mol. The third-order valence-electron chi connectivity index (χ3n) is 8.45. The lowest BCUT2D eigenvalue weighted by Crippen LogP contribution is -2.54. The van der Waals surface area contributed by atoms with E-state index in [0.29, 0.717) is 25.9 Å². The van der Waals surface area contributed by atoms with Crippen molar-refractivity contribution >= 4 is 16.9 Å². The molecule has 0 aliphatic carbocycles. The Morgan fingerprint density at radius 2 is 1.73 bits per heavy atom. The number of aliphatic hydroxyl groups excluding tert-OH is 1. The monoisotopic (exact) mass is 590 g/mol. The van der Waals surface area contributed by atoms with Gasteiger partial charge in [-0.1, -0.05) is 78.0 Å². The van der Waals surface area contributed by atoms with Crippen molar-refractivity contribution in [2.24, 2.45) is 12.8 Å². The third-order valence-corrected chi connectivity index (χ3v) is 8.45. The van der Waals surface area contributed by atoms with Gasteiger partial charge in [0.05, 0.1) is 11.6 Å². The van der Waals surface area contributed by atoms with E-state index in [0.717, 1.165) is 45.6 Å². The summed E-state index contributed by atoms with van der Waals surface area (Å²) in [6, 6.07) is 32.4. The number of amides is 1. The molecule has 226 valence electrons. The molecule has 1 fully saturated rings. The molecule has 5 aromatic rings. The SMILES string of the molecule is Cn1nnc2cc(CNC(=O)C3CC(c4ccccc4Oc4ccccc4)CN3C(O)C(N)CCc3ccccc3)ccc21. The summed E-state index contributed by atoms with van der Waals surface area (Å²) in [6.45, 7) is 0.809. The second kappa shape index (κ2) is 13.4. The third kappa shape index (κ3) is 6.65. The van der Waals surface area contributed by atoms with Gasteiger partial charge in [-0.25, -0.2) is 4.68 Å². The zero-order valence-corrected chi connectivity index (χ0v) is 24.8. The minimum atomic E-state index is -0.988. The number of fused-ring (bicyclic) bond motifs is 1. The molecule has 4 unspecified atom stereocenters. The molecule has 0 bridgehead atoms. The summed E-state index contributed by atoms with van der Waals surface area (Å²) < 4.78 is 7.99. The van der Waals surface area contributed by atoms with Gasteiger partial charge in [-0.05, 0) is 66.3 Å². The fourth-order valence-corrected chi connectivity index (χ4v) is 6.04. The number of aliphatic hydroxyl groups is 1. The molecule has 1 aromatic heterocycles. The highest BCUT2D eigenvalue weighted by atomic mass is 16.5. The Hall–Kier alpha value is -4.57. The summed E-state index contributed by atoms with van der Waals surface area (Å²) in [7, 11) is 1.85. The Labute approximate surface area is 257 Å². The standard InChI is InChI=1S/C35H38N6O3/c1-40-31-19-17-25(20-30(31)38-39-40)22-37-34(42)32-21-26(28-14-8-9-15-33(28)44-27-12-6-3-7-13-27)23-41(32)35(43)29(36)18-16-24-10-4-2-5-11-24/h2-15,17,19-20,26,29,32,35,43H,16,18,21-23,36H2,1H3,(H,37,42). The van der Waals surface area contributed by atoms with Gasteiger partial charge < -0.3 is 20.9 Å². The van der Waals surface area contributed by atoms with E-state index in [2.05, 4.69) is 27.8 Å². The zero-order valence-electron chi connectivity index (χ0n) is 24.8. The number of para-hydroxylation sites is 2. The number of nitrogens with zero attached hydrogens (tertiary/aromatic N) is 4. The van der Waals surface area contributed by atoms with Crippen molar-refractivity contribution in [3.63, 3.8) is 0 Å². The summed E-state index contributed by atoms with van der Waals surface area (Å²) in [5.41, 5.74) is 11.4. The summed E-state index contributed by atoms with van der Waals surface area (Å²) in [5.74, 6) is 1.29. The molecule has 9 heteroatoms. The number of ether oxygens (including phenoxy) is 1. The fraction of sp³-hybridized carbons (Fsp3) is 0.286. The number of aromatic nitrogens is 3. The van der Waals surface area contributed by atoms with Gasteiger partial charge in [0.1, 0.15) is 23.2 Å². The molecule has 0 spiro atoms. The van der Waals surface area contributed by atoms with Crippen LogP contribution in [0.1, 0.15) is 35.4 Å². The highest BCUT2D eigenvalue weighted by Gasteiger charge is 2.42. The van der Waals surface area contributed by atoms with Crippen molar-refractivity contribution < 1.29 is 14.6 Å². The van der Waals surface area contributed by atoms with Gasteiger partial charge >= 0.3 is 0 Å². The van der Waals surface area contributed by atoms with Gasteiger partial charge in [0.2, 0.25) is 5.91 Å². The molecule has 1 aliphatic rings. The quantitative estimate of drug-likeness (QED) is 0.207. The molecule has 1 amide bonds. The van der Waals surface area contributed by atoms with E-state index in [4.69, 9.17) is 10.5 Å². The van der Waals surface area contributed by atoms with E-state index < -0.39 is 18.3 Å². The molecular formula is C35H38N6O3. The molecule has 0 radical (unpaired) electrons. The molecule has 4 atom stereocenters. The second-order valence-electron chi connectivity index (χ2n) is 11.5. The van der Waals surface area contributed by atoms with Crippen LogP contribution in [0.3, 0.4) is 0 Å². The van der Waals surface area contributed by atoms with E-state index >= 15 is 0 Å². The van der Waals surface area contributed by atoms with Gasteiger partial charge in [-0.15, -0.1) is 5.10 Å². The van der Waals surface area contributed by atoms with Crippen LogP contribution in [0.15, 0.2) is 103 Å². The second-order valence-corrected chi connectivity index (χ2v) is 11.5. The lowest BCUT2D eigenvalue weighted by atomic mass is 9.95. The Kier molecular flexibility index (Phi) is 8.97. The van der Waals surface area contributed by atoms with E-state index in [1.807, 2.05) is 103 Å². The lowest BCUT2D eigenvalue weighted by Gasteiger charge is -2.32. The van der Waals surface area contributed by atoms with Gasteiger partial charge in [0.25, 0.3) is 0 Å². The summed E-state index contributed by atoms with van der Waals surface area (Å²) in [4.78, 5) is 15.6. The summed E-state index contributed by atoms with van der Waals surface area (Å²) in [6.07, 6.45) is 0.864. The molecule has 2 heterocycles. The van der Waals surface area contributed by atoms with Crippen molar-refractivity contribution in [3.8, 4) is 11.5 Å². The molecule has 4 N–H and O–H groups in total. The Balaban J connectivity index is 1.21. The molecule has 6 rings (SSSR count). The lowest BCUT2D eigenvalue weighted by molar-refractivity contribution is -0.130. The summed E-state index contributed by atoms with van der Waals surface area (Å²) >= 11 is 0. The summed E-state index contributed by atoms with van der Waals surface area (Å²) in [5, 5.41) is 22.9. The van der Waals surface area contributed by atoms with E-state index in [1.54, 1.807) is 4.68 Å². The van der Waals surface area contributed by atoms with Crippen molar-refractivity contribution in [2.45, 2.75) is 50.0 Å². The molecule has 1 saturated heterocycles. The number of nitrogens with one attached hydrogen (secondary N) is 1. The van der Waals surface area contributed by atoms with Gasteiger partial charge in [-0.3, -0.25) is 9.69 Å². The number of aryl methyl sites for hydroxylation is 2.